The predicted octanol–water partition coefficient (Wildman–Crippen LogP) is 2.14. The summed E-state index contributed by atoms with van der Waals surface area (Å²) >= 11 is 0. The van der Waals surface area contributed by atoms with E-state index in [-0.39, 0.29) is 11.7 Å². The van der Waals surface area contributed by atoms with Gasteiger partial charge >= 0.3 is 0 Å². The molecule has 1 aliphatic heterocycles. The lowest BCUT2D eigenvalue weighted by Crippen LogP contribution is -2.50. The molecule has 16 heavy (non-hydrogen) atoms. The molecular weight excluding hydrogens is 207 g/mol. The van der Waals surface area contributed by atoms with E-state index >= 15 is 0 Å². The smallest absolute Gasteiger partial charge is 0.250 e. The zero-order valence-corrected chi connectivity index (χ0v) is 9.09. The van der Waals surface area contributed by atoms with Crippen LogP contribution in [-0.2, 0) is 4.79 Å². The minimum atomic E-state index is -0.393. The molecule has 1 spiro atoms. The summed E-state index contributed by atoms with van der Waals surface area (Å²) in [5, 5.41) is 2.69. The molecule has 4 heteroatoms. The van der Waals surface area contributed by atoms with E-state index in [2.05, 4.69) is 5.32 Å². The average Bonchev–Trinajstić information content (AvgIpc) is 3.04. The molecule has 1 heterocycles. The SMILES string of the molecule is CCN1c2cccc(F)c2NC(=O)C12CC2. The molecule has 84 valence electrons. The molecule has 0 bridgehead atoms. The van der Waals surface area contributed by atoms with E-state index in [1.807, 2.05) is 17.9 Å². The van der Waals surface area contributed by atoms with Crippen molar-refractivity contribution in [2.24, 2.45) is 0 Å². The van der Waals surface area contributed by atoms with E-state index < -0.39 is 5.54 Å². The van der Waals surface area contributed by atoms with Crippen LogP contribution < -0.4 is 10.2 Å². The molecule has 3 rings (SSSR count). The van der Waals surface area contributed by atoms with Crippen molar-refractivity contribution in [2.75, 3.05) is 16.8 Å². The maximum absolute atomic E-state index is 13.6. The minimum absolute atomic E-state index is 0.0630. The van der Waals surface area contributed by atoms with Gasteiger partial charge in [-0.3, -0.25) is 4.79 Å². The first-order valence-electron chi connectivity index (χ1n) is 5.56. The number of carbonyl (C=O) groups is 1. The molecule has 0 saturated heterocycles. The van der Waals surface area contributed by atoms with Gasteiger partial charge in [0.2, 0.25) is 5.91 Å². The molecule has 1 N–H and O–H groups in total. The summed E-state index contributed by atoms with van der Waals surface area (Å²) in [6.07, 6.45) is 1.73. The van der Waals surface area contributed by atoms with Gasteiger partial charge in [-0.2, -0.15) is 0 Å². The maximum Gasteiger partial charge on any atom is 0.250 e. The van der Waals surface area contributed by atoms with Crippen LogP contribution >= 0.6 is 0 Å². The van der Waals surface area contributed by atoms with Crippen molar-refractivity contribution in [2.45, 2.75) is 25.3 Å². The van der Waals surface area contributed by atoms with Crippen molar-refractivity contribution in [1.29, 1.82) is 0 Å². The van der Waals surface area contributed by atoms with Crippen LogP contribution in [0.15, 0.2) is 18.2 Å². The van der Waals surface area contributed by atoms with Gasteiger partial charge in [0.05, 0.1) is 5.69 Å². The molecular formula is C12H13FN2O. The summed E-state index contributed by atoms with van der Waals surface area (Å²) in [6, 6.07) is 4.92. The Morgan fingerprint density at radius 3 is 2.88 bits per heavy atom. The molecule has 1 aromatic carbocycles. The normalized spacial score (nSPS) is 20.6. The highest BCUT2D eigenvalue weighted by atomic mass is 19.1. The molecule has 0 aromatic heterocycles. The molecule has 1 amide bonds. The van der Waals surface area contributed by atoms with E-state index in [1.54, 1.807) is 6.07 Å². The number of carbonyl (C=O) groups excluding carboxylic acids is 1. The Balaban J connectivity index is 2.17. The van der Waals surface area contributed by atoms with Crippen LogP contribution in [-0.4, -0.2) is 18.0 Å². The first kappa shape index (κ1) is 9.63. The fourth-order valence-electron chi connectivity index (χ4n) is 2.53. The van der Waals surface area contributed by atoms with Crippen LogP contribution in [0.1, 0.15) is 19.8 Å². The summed E-state index contributed by atoms with van der Waals surface area (Å²) in [5.74, 6) is -0.424. The number of nitrogens with zero attached hydrogens (tertiary/aromatic N) is 1. The highest BCUT2D eigenvalue weighted by Gasteiger charge is 2.57. The molecule has 1 fully saturated rings. The monoisotopic (exact) mass is 220 g/mol. The third kappa shape index (κ3) is 1.04. The van der Waals surface area contributed by atoms with Crippen LogP contribution in [0.25, 0.3) is 0 Å². The van der Waals surface area contributed by atoms with Gasteiger partial charge in [0.25, 0.3) is 0 Å². The van der Waals surface area contributed by atoms with Gasteiger partial charge in [-0.25, -0.2) is 4.39 Å². The van der Waals surface area contributed by atoms with E-state index in [0.717, 1.165) is 25.1 Å². The lowest BCUT2D eigenvalue weighted by molar-refractivity contribution is -0.118. The first-order valence-corrected chi connectivity index (χ1v) is 5.56. The first-order chi connectivity index (χ1) is 7.69. The summed E-state index contributed by atoms with van der Waals surface area (Å²) in [4.78, 5) is 14.0. The number of amides is 1. The van der Waals surface area contributed by atoms with Gasteiger partial charge in [0, 0.05) is 6.54 Å². The number of likely N-dealkylation sites (N-methyl/N-ethyl adjacent to an activating group) is 1. The number of hydrogen-bond donors (Lipinski definition) is 1. The second-order valence-electron chi connectivity index (χ2n) is 4.36. The standard InChI is InChI=1S/C12H13FN2O/c1-2-15-9-5-3-4-8(13)10(9)14-11(16)12(15)6-7-12/h3-5H,2,6-7H2,1H3,(H,14,16). The Bertz CT molecular complexity index is 468. The van der Waals surface area contributed by atoms with Crippen LogP contribution in [0.4, 0.5) is 15.8 Å². The molecule has 3 nitrogen and oxygen atoms in total. The maximum atomic E-state index is 13.6. The van der Waals surface area contributed by atoms with Crippen molar-refractivity contribution in [1.82, 2.24) is 0 Å². The number of benzene rings is 1. The lowest BCUT2D eigenvalue weighted by atomic mass is 10.1. The molecule has 1 saturated carbocycles. The van der Waals surface area contributed by atoms with E-state index in [9.17, 15) is 9.18 Å². The Morgan fingerprint density at radius 1 is 1.50 bits per heavy atom. The minimum Gasteiger partial charge on any atom is -0.356 e. The Morgan fingerprint density at radius 2 is 2.25 bits per heavy atom. The van der Waals surface area contributed by atoms with Crippen LogP contribution in [0, 0.1) is 5.82 Å². The summed E-state index contributed by atoms with van der Waals surface area (Å²) in [6.45, 7) is 2.72. The average molecular weight is 220 g/mol. The fraction of sp³-hybridized carbons (Fsp3) is 0.417. The van der Waals surface area contributed by atoms with E-state index in [1.165, 1.54) is 6.07 Å². The molecule has 0 unspecified atom stereocenters. The second kappa shape index (κ2) is 2.97. The number of fused-ring (bicyclic) bond motifs is 1. The van der Waals surface area contributed by atoms with Crippen molar-refractivity contribution in [3.8, 4) is 0 Å². The number of anilines is 2. The summed E-state index contributed by atoms with van der Waals surface area (Å²) in [7, 11) is 0. The van der Waals surface area contributed by atoms with Crippen LogP contribution in [0.3, 0.4) is 0 Å². The van der Waals surface area contributed by atoms with Gasteiger partial charge in [-0.05, 0) is 31.9 Å². The van der Waals surface area contributed by atoms with Crippen molar-refractivity contribution in [3.63, 3.8) is 0 Å². The van der Waals surface area contributed by atoms with Crippen molar-refractivity contribution >= 4 is 17.3 Å². The highest BCUT2D eigenvalue weighted by Crippen LogP contribution is 2.50. The number of hydrogen-bond acceptors (Lipinski definition) is 2. The molecule has 0 radical (unpaired) electrons. The summed E-state index contributed by atoms with van der Waals surface area (Å²) in [5.41, 5.74) is 0.738. The van der Waals surface area contributed by atoms with E-state index in [0.29, 0.717) is 5.69 Å². The Labute approximate surface area is 93.2 Å². The molecule has 0 atom stereocenters. The quantitative estimate of drug-likeness (QED) is 0.786. The topological polar surface area (TPSA) is 32.3 Å². The zero-order valence-electron chi connectivity index (χ0n) is 9.09. The number of para-hydroxylation sites is 1. The van der Waals surface area contributed by atoms with Crippen molar-refractivity contribution < 1.29 is 9.18 Å². The van der Waals surface area contributed by atoms with Gasteiger partial charge in [0.15, 0.2) is 0 Å². The number of nitrogens with one attached hydrogen (secondary N) is 1. The van der Waals surface area contributed by atoms with Crippen molar-refractivity contribution in [3.05, 3.63) is 24.0 Å². The predicted molar refractivity (Wildman–Crippen MR) is 60.0 cm³/mol. The Kier molecular flexibility index (Phi) is 1.79. The highest BCUT2D eigenvalue weighted by molar-refractivity contribution is 6.08. The third-order valence-electron chi connectivity index (χ3n) is 3.50. The number of halogens is 1. The van der Waals surface area contributed by atoms with E-state index in [4.69, 9.17) is 0 Å². The van der Waals surface area contributed by atoms with Gasteiger partial charge in [0.1, 0.15) is 17.0 Å². The molecule has 2 aliphatic rings. The van der Waals surface area contributed by atoms with Gasteiger partial charge < -0.3 is 10.2 Å². The molecule has 1 aromatic rings. The van der Waals surface area contributed by atoms with Crippen LogP contribution in [0.5, 0.6) is 0 Å². The zero-order chi connectivity index (χ0) is 11.3. The number of rotatable bonds is 1. The lowest BCUT2D eigenvalue weighted by Gasteiger charge is -2.37. The van der Waals surface area contributed by atoms with Crippen LogP contribution in [0.2, 0.25) is 0 Å². The van der Waals surface area contributed by atoms with Gasteiger partial charge in [-0.1, -0.05) is 6.07 Å². The molecule has 1 aliphatic carbocycles. The second-order valence-corrected chi connectivity index (χ2v) is 4.36. The summed E-state index contributed by atoms with van der Waals surface area (Å²) < 4.78 is 13.6. The Hall–Kier alpha value is -1.58. The third-order valence-corrected chi connectivity index (χ3v) is 3.50. The van der Waals surface area contributed by atoms with Gasteiger partial charge in [-0.15, -0.1) is 0 Å². The fourth-order valence-corrected chi connectivity index (χ4v) is 2.53. The largest absolute Gasteiger partial charge is 0.356 e.